The van der Waals surface area contributed by atoms with Gasteiger partial charge in [-0.15, -0.1) is 0 Å². The summed E-state index contributed by atoms with van der Waals surface area (Å²) in [6.07, 6.45) is 0. The van der Waals surface area contributed by atoms with Crippen LogP contribution in [0.1, 0.15) is 21.5 Å². The van der Waals surface area contributed by atoms with Gasteiger partial charge in [-0.2, -0.15) is 0 Å². The number of piperazine rings is 1. The third-order valence-electron chi connectivity index (χ3n) is 5.22. The summed E-state index contributed by atoms with van der Waals surface area (Å²) >= 11 is 6.10. The second-order valence-corrected chi connectivity index (χ2v) is 7.67. The van der Waals surface area contributed by atoms with E-state index in [0.29, 0.717) is 42.6 Å². The zero-order valence-electron chi connectivity index (χ0n) is 17.0. The lowest BCUT2D eigenvalue weighted by Gasteiger charge is -2.34. The number of halogens is 1. The number of carbonyl (C=O) groups excluding carboxylic acids is 2. The third kappa shape index (κ3) is 5.28. The summed E-state index contributed by atoms with van der Waals surface area (Å²) < 4.78 is 5.11. The maximum atomic E-state index is 12.7. The van der Waals surface area contributed by atoms with Crippen LogP contribution in [-0.2, 0) is 4.79 Å². The molecule has 0 saturated carbocycles. The van der Waals surface area contributed by atoms with Crippen LogP contribution in [0.15, 0.2) is 36.4 Å². The Morgan fingerprint density at radius 1 is 1.03 bits per heavy atom. The van der Waals surface area contributed by atoms with Crippen LogP contribution < -0.4 is 10.1 Å². The summed E-state index contributed by atoms with van der Waals surface area (Å²) in [5, 5.41) is 3.30. The van der Waals surface area contributed by atoms with Crippen LogP contribution >= 0.6 is 11.6 Å². The molecule has 154 valence electrons. The van der Waals surface area contributed by atoms with Crippen molar-refractivity contribution in [3.8, 4) is 5.75 Å². The van der Waals surface area contributed by atoms with Gasteiger partial charge in [0.25, 0.3) is 5.91 Å². The number of rotatable bonds is 5. The molecule has 1 heterocycles. The Bertz CT molecular complexity index is 908. The minimum absolute atomic E-state index is 0.0464. The maximum absolute atomic E-state index is 12.7. The lowest BCUT2D eigenvalue weighted by molar-refractivity contribution is -0.117. The van der Waals surface area contributed by atoms with Crippen LogP contribution in [0.2, 0.25) is 5.02 Å². The van der Waals surface area contributed by atoms with Gasteiger partial charge in [0.1, 0.15) is 5.75 Å². The zero-order valence-corrected chi connectivity index (χ0v) is 17.8. The number of benzene rings is 2. The van der Waals surface area contributed by atoms with E-state index in [9.17, 15) is 9.59 Å². The molecular formula is C22H26ClN3O3. The Morgan fingerprint density at radius 3 is 2.38 bits per heavy atom. The van der Waals surface area contributed by atoms with Crippen molar-refractivity contribution in [3.05, 3.63) is 58.1 Å². The van der Waals surface area contributed by atoms with Crippen LogP contribution in [0.5, 0.6) is 5.75 Å². The first-order valence-electron chi connectivity index (χ1n) is 9.59. The Hall–Kier alpha value is -2.57. The molecule has 0 bridgehead atoms. The van der Waals surface area contributed by atoms with Gasteiger partial charge in [0.05, 0.1) is 18.7 Å². The van der Waals surface area contributed by atoms with Crippen molar-refractivity contribution >= 4 is 29.1 Å². The Labute approximate surface area is 176 Å². The van der Waals surface area contributed by atoms with Gasteiger partial charge in [0, 0.05) is 37.4 Å². The minimum atomic E-state index is -0.111. The number of nitrogens with zero attached hydrogens (tertiary/aromatic N) is 2. The first kappa shape index (κ1) is 21.1. The average Bonchev–Trinajstić information content (AvgIpc) is 2.70. The number of amides is 2. The van der Waals surface area contributed by atoms with Gasteiger partial charge in [-0.3, -0.25) is 14.5 Å². The second-order valence-electron chi connectivity index (χ2n) is 7.26. The number of aryl methyl sites for hydroxylation is 2. The van der Waals surface area contributed by atoms with E-state index in [1.165, 1.54) is 5.56 Å². The number of hydrogen-bond acceptors (Lipinski definition) is 4. The average molecular weight is 416 g/mol. The number of carbonyl (C=O) groups is 2. The maximum Gasteiger partial charge on any atom is 0.253 e. The highest BCUT2D eigenvalue weighted by Crippen LogP contribution is 2.27. The molecule has 2 aromatic rings. The quantitative estimate of drug-likeness (QED) is 0.813. The van der Waals surface area contributed by atoms with E-state index in [-0.39, 0.29) is 18.4 Å². The molecule has 0 unspecified atom stereocenters. The molecular weight excluding hydrogens is 390 g/mol. The lowest BCUT2D eigenvalue weighted by Crippen LogP contribution is -2.50. The molecule has 0 atom stereocenters. The Kier molecular flexibility index (Phi) is 6.77. The molecule has 0 spiro atoms. The van der Waals surface area contributed by atoms with E-state index in [1.54, 1.807) is 25.3 Å². The van der Waals surface area contributed by atoms with Gasteiger partial charge < -0.3 is 15.0 Å². The Balaban J connectivity index is 1.50. The molecule has 1 fully saturated rings. The predicted molar refractivity (Wildman–Crippen MR) is 115 cm³/mol. The molecule has 1 N–H and O–H groups in total. The topological polar surface area (TPSA) is 61.9 Å². The van der Waals surface area contributed by atoms with Crippen molar-refractivity contribution in [1.82, 2.24) is 9.80 Å². The second kappa shape index (κ2) is 9.29. The highest BCUT2D eigenvalue weighted by Gasteiger charge is 2.23. The van der Waals surface area contributed by atoms with E-state index in [2.05, 4.69) is 5.32 Å². The molecule has 2 amide bonds. The van der Waals surface area contributed by atoms with Crippen LogP contribution in [0.4, 0.5) is 5.69 Å². The number of hydrogen-bond donors (Lipinski definition) is 1. The van der Waals surface area contributed by atoms with Gasteiger partial charge >= 0.3 is 0 Å². The van der Waals surface area contributed by atoms with Gasteiger partial charge in [-0.05, 0) is 55.3 Å². The number of methoxy groups -OCH3 is 1. The molecule has 1 aliphatic rings. The number of ether oxygens (including phenoxy) is 1. The summed E-state index contributed by atoms with van der Waals surface area (Å²) in [7, 11) is 1.55. The first-order chi connectivity index (χ1) is 13.9. The van der Waals surface area contributed by atoms with E-state index in [4.69, 9.17) is 16.3 Å². The monoisotopic (exact) mass is 415 g/mol. The minimum Gasteiger partial charge on any atom is -0.495 e. The SMILES string of the molecule is COc1ccc(NC(=O)CN2CCN(C(=O)c3ccc(C)c(C)c3)CC2)cc1Cl. The zero-order chi connectivity index (χ0) is 21.0. The molecule has 0 aliphatic carbocycles. The molecule has 29 heavy (non-hydrogen) atoms. The van der Waals surface area contributed by atoms with Crippen molar-refractivity contribution in [3.63, 3.8) is 0 Å². The van der Waals surface area contributed by atoms with E-state index in [0.717, 1.165) is 11.1 Å². The summed E-state index contributed by atoms with van der Waals surface area (Å²) in [6.45, 7) is 6.85. The summed E-state index contributed by atoms with van der Waals surface area (Å²) in [4.78, 5) is 29.0. The lowest BCUT2D eigenvalue weighted by atomic mass is 10.1. The van der Waals surface area contributed by atoms with E-state index >= 15 is 0 Å². The fourth-order valence-corrected chi connectivity index (χ4v) is 3.57. The molecule has 6 nitrogen and oxygen atoms in total. The van der Waals surface area contributed by atoms with Crippen molar-refractivity contribution in [2.75, 3.05) is 45.2 Å². The molecule has 0 radical (unpaired) electrons. The van der Waals surface area contributed by atoms with Crippen LogP contribution in [0.25, 0.3) is 0 Å². The highest BCUT2D eigenvalue weighted by molar-refractivity contribution is 6.32. The molecule has 1 saturated heterocycles. The van der Waals surface area contributed by atoms with Crippen LogP contribution in [-0.4, -0.2) is 61.4 Å². The van der Waals surface area contributed by atoms with Crippen LogP contribution in [0, 0.1) is 13.8 Å². The van der Waals surface area contributed by atoms with Gasteiger partial charge in [-0.25, -0.2) is 0 Å². The Morgan fingerprint density at radius 2 is 1.76 bits per heavy atom. The summed E-state index contributed by atoms with van der Waals surface area (Å²) in [5.74, 6) is 0.500. The van der Waals surface area contributed by atoms with Gasteiger partial charge in [0.15, 0.2) is 0 Å². The smallest absolute Gasteiger partial charge is 0.253 e. The van der Waals surface area contributed by atoms with Crippen LogP contribution in [0.3, 0.4) is 0 Å². The van der Waals surface area contributed by atoms with Gasteiger partial charge in [-0.1, -0.05) is 17.7 Å². The molecule has 1 aliphatic heterocycles. The van der Waals surface area contributed by atoms with Crippen molar-refractivity contribution < 1.29 is 14.3 Å². The molecule has 2 aromatic carbocycles. The number of nitrogens with one attached hydrogen (secondary N) is 1. The highest BCUT2D eigenvalue weighted by atomic mass is 35.5. The van der Waals surface area contributed by atoms with Crippen molar-refractivity contribution in [1.29, 1.82) is 0 Å². The normalized spacial score (nSPS) is 14.6. The van der Waals surface area contributed by atoms with E-state index < -0.39 is 0 Å². The standard InChI is InChI=1S/C22H26ClN3O3/c1-15-4-5-17(12-16(15)2)22(28)26-10-8-25(9-11-26)14-21(27)24-18-6-7-20(29-3)19(23)13-18/h4-7,12-13H,8-11,14H2,1-3H3,(H,24,27). The molecule has 3 rings (SSSR count). The van der Waals surface area contributed by atoms with Crippen molar-refractivity contribution in [2.24, 2.45) is 0 Å². The predicted octanol–water partition coefficient (Wildman–Crippen LogP) is 3.36. The first-order valence-corrected chi connectivity index (χ1v) is 9.97. The molecule has 0 aromatic heterocycles. The summed E-state index contributed by atoms with van der Waals surface area (Å²) in [6, 6.07) is 10.9. The van der Waals surface area contributed by atoms with Gasteiger partial charge in [0.2, 0.25) is 5.91 Å². The van der Waals surface area contributed by atoms with E-state index in [1.807, 2.05) is 41.8 Å². The molecule has 7 heteroatoms. The third-order valence-corrected chi connectivity index (χ3v) is 5.51. The summed E-state index contributed by atoms with van der Waals surface area (Å²) in [5.41, 5.74) is 3.64. The fraction of sp³-hybridized carbons (Fsp3) is 0.364. The van der Waals surface area contributed by atoms with Crippen molar-refractivity contribution in [2.45, 2.75) is 13.8 Å². The number of anilines is 1. The fourth-order valence-electron chi connectivity index (χ4n) is 3.31. The largest absolute Gasteiger partial charge is 0.495 e.